The van der Waals surface area contributed by atoms with E-state index in [0.29, 0.717) is 5.56 Å². The van der Waals surface area contributed by atoms with Gasteiger partial charge in [-0.2, -0.15) is 0 Å². The Labute approximate surface area is 104 Å². The number of halogens is 2. The number of benzene rings is 1. The van der Waals surface area contributed by atoms with Crippen LogP contribution in [0.25, 0.3) is 0 Å². The summed E-state index contributed by atoms with van der Waals surface area (Å²) in [6.07, 6.45) is 2.02. The highest BCUT2D eigenvalue weighted by Gasteiger charge is 2.16. The Morgan fingerprint density at radius 2 is 2.35 bits per heavy atom. The molecule has 92 valence electrons. The van der Waals surface area contributed by atoms with Crippen molar-refractivity contribution in [3.05, 3.63) is 34.6 Å². The topological polar surface area (TPSA) is 41.1 Å². The van der Waals surface area contributed by atoms with Gasteiger partial charge < -0.3 is 10.6 Å². The van der Waals surface area contributed by atoms with Crippen molar-refractivity contribution in [2.45, 2.75) is 18.9 Å². The van der Waals surface area contributed by atoms with Gasteiger partial charge in [0, 0.05) is 18.2 Å². The van der Waals surface area contributed by atoms with Crippen LogP contribution in [0.3, 0.4) is 0 Å². The van der Waals surface area contributed by atoms with Crippen molar-refractivity contribution in [1.82, 2.24) is 10.6 Å². The average molecular weight is 257 g/mol. The smallest absolute Gasteiger partial charge is 0.251 e. The molecule has 17 heavy (non-hydrogen) atoms. The highest BCUT2D eigenvalue weighted by Crippen LogP contribution is 2.16. The summed E-state index contributed by atoms with van der Waals surface area (Å²) in [5, 5.41) is 6.08. The van der Waals surface area contributed by atoms with Crippen LogP contribution in [0, 0.1) is 5.82 Å². The lowest BCUT2D eigenvalue weighted by atomic mass is 10.1. The van der Waals surface area contributed by atoms with Gasteiger partial charge >= 0.3 is 0 Å². The quantitative estimate of drug-likeness (QED) is 0.849. The standard InChI is InChI=1S/C12H14ClFN2O/c13-10-6-8(3-4-11(10)14)12(17)16-9-2-1-5-15-7-9/h3-4,6,9,15H,1-2,5,7H2,(H,16,17)/t9-/m0/s1. The minimum Gasteiger partial charge on any atom is -0.348 e. The molecule has 0 spiro atoms. The van der Waals surface area contributed by atoms with Crippen molar-refractivity contribution in [3.63, 3.8) is 0 Å². The fourth-order valence-electron chi connectivity index (χ4n) is 1.88. The lowest BCUT2D eigenvalue weighted by Crippen LogP contribution is -2.45. The summed E-state index contributed by atoms with van der Waals surface area (Å²) in [5.74, 6) is -0.719. The van der Waals surface area contributed by atoms with E-state index in [1.807, 2.05) is 0 Å². The number of nitrogens with one attached hydrogen (secondary N) is 2. The number of carbonyl (C=O) groups excluding carboxylic acids is 1. The number of carbonyl (C=O) groups is 1. The molecule has 0 bridgehead atoms. The molecule has 1 saturated heterocycles. The first kappa shape index (κ1) is 12.3. The molecule has 1 fully saturated rings. The molecule has 1 aliphatic heterocycles. The van der Waals surface area contributed by atoms with Crippen LogP contribution in [0.2, 0.25) is 5.02 Å². The zero-order valence-electron chi connectivity index (χ0n) is 9.30. The SMILES string of the molecule is O=C(N[C@H]1CCCNC1)c1ccc(F)c(Cl)c1. The van der Waals surface area contributed by atoms with Crippen LogP contribution in [-0.4, -0.2) is 25.0 Å². The Bertz CT molecular complexity index is 419. The van der Waals surface area contributed by atoms with E-state index in [9.17, 15) is 9.18 Å². The number of rotatable bonds is 2. The fraction of sp³-hybridized carbons (Fsp3) is 0.417. The van der Waals surface area contributed by atoms with E-state index in [1.54, 1.807) is 0 Å². The van der Waals surface area contributed by atoms with Gasteiger partial charge in [0.05, 0.1) is 5.02 Å². The maximum Gasteiger partial charge on any atom is 0.251 e. The van der Waals surface area contributed by atoms with Gasteiger partial charge in [-0.15, -0.1) is 0 Å². The maximum atomic E-state index is 12.9. The minimum absolute atomic E-state index is 0.0283. The summed E-state index contributed by atoms with van der Waals surface area (Å²) in [7, 11) is 0. The highest BCUT2D eigenvalue weighted by atomic mass is 35.5. The molecule has 2 N–H and O–H groups in total. The summed E-state index contributed by atoms with van der Waals surface area (Å²) in [4.78, 5) is 11.9. The average Bonchev–Trinajstić information content (AvgIpc) is 2.34. The third-order valence-electron chi connectivity index (χ3n) is 2.81. The van der Waals surface area contributed by atoms with Crippen LogP contribution in [-0.2, 0) is 0 Å². The summed E-state index contributed by atoms with van der Waals surface area (Å²) in [6.45, 7) is 1.77. The molecule has 3 nitrogen and oxygen atoms in total. The van der Waals surface area contributed by atoms with Gasteiger partial charge in [-0.25, -0.2) is 4.39 Å². The number of hydrogen-bond donors (Lipinski definition) is 2. The third kappa shape index (κ3) is 3.17. The molecule has 1 atom stereocenters. The van der Waals surface area contributed by atoms with Crippen molar-refractivity contribution in [3.8, 4) is 0 Å². The Kier molecular flexibility index (Phi) is 3.97. The maximum absolute atomic E-state index is 12.9. The molecule has 0 saturated carbocycles. The monoisotopic (exact) mass is 256 g/mol. The molecule has 1 aliphatic rings. The predicted molar refractivity (Wildman–Crippen MR) is 64.8 cm³/mol. The molecule has 2 rings (SSSR count). The van der Waals surface area contributed by atoms with Gasteiger partial charge in [0.15, 0.2) is 0 Å². The number of amides is 1. The van der Waals surface area contributed by atoms with Crippen molar-refractivity contribution in [1.29, 1.82) is 0 Å². The molecule has 1 amide bonds. The van der Waals surface area contributed by atoms with Gasteiger partial charge in [0.1, 0.15) is 5.82 Å². The molecule has 1 aromatic carbocycles. The minimum atomic E-state index is -0.512. The van der Waals surface area contributed by atoms with Gasteiger partial charge in [-0.05, 0) is 37.6 Å². The van der Waals surface area contributed by atoms with Crippen LogP contribution in [0.1, 0.15) is 23.2 Å². The first-order valence-corrected chi connectivity index (χ1v) is 6.01. The molecular formula is C12H14ClFN2O. The second-order valence-corrected chi connectivity index (χ2v) is 4.55. The molecule has 1 aromatic rings. The summed E-state index contributed by atoms with van der Waals surface area (Å²) < 4.78 is 12.9. The van der Waals surface area contributed by atoms with E-state index in [0.717, 1.165) is 25.9 Å². The van der Waals surface area contributed by atoms with Crippen molar-refractivity contribution in [2.24, 2.45) is 0 Å². The van der Waals surface area contributed by atoms with E-state index >= 15 is 0 Å². The van der Waals surface area contributed by atoms with E-state index < -0.39 is 5.82 Å². The highest BCUT2D eigenvalue weighted by molar-refractivity contribution is 6.31. The molecule has 0 unspecified atom stereocenters. The van der Waals surface area contributed by atoms with Gasteiger partial charge in [0.2, 0.25) is 0 Å². The molecule has 0 aromatic heterocycles. The Morgan fingerprint density at radius 3 is 3.00 bits per heavy atom. The third-order valence-corrected chi connectivity index (χ3v) is 3.10. The van der Waals surface area contributed by atoms with Gasteiger partial charge in [0.25, 0.3) is 5.91 Å². The van der Waals surface area contributed by atoms with Gasteiger partial charge in [-0.3, -0.25) is 4.79 Å². The summed E-state index contributed by atoms with van der Waals surface area (Å²) in [6, 6.07) is 4.13. The summed E-state index contributed by atoms with van der Waals surface area (Å²) >= 11 is 5.63. The van der Waals surface area contributed by atoms with Crippen molar-refractivity contribution >= 4 is 17.5 Å². The first-order valence-electron chi connectivity index (χ1n) is 5.63. The number of piperidine rings is 1. The zero-order valence-corrected chi connectivity index (χ0v) is 10.1. The largest absolute Gasteiger partial charge is 0.348 e. The predicted octanol–water partition coefficient (Wildman–Crippen LogP) is 1.96. The first-order chi connectivity index (χ1) is 8.16. The van der Waals surface area contributed by atoms with Crippen LogP contribution in [0.15, 0.2) is 18.2 Å². The zero-order chi connectivity index (χ0) is 12.3. The molecule has 0 aliphatic carbocycles. The van der Waals surface area contributed by atoms with Crippen LogP contribution >= 0.6 is 11.6 Å². The van der Waals surface area contributed by atoms with Gasteiger partial charge in [-0.1, -0.05) is 11.6 Å². The molecular weight excluding hydrogens is 243 g/mol. The second-order valence-electron chi connectivity index (χ2n) is 4.15. The number of hydrogen-bond acceptors (Lipinski definition) is 2. The Morgan fingerprint density at radius 1 is 1.53 bits per heavy atom. The molecule has 0 radical (unpaired) electrons. The lowest BCUT2D eigenvalue weighted by Gasteiger charge is -2.23. The van der Waals surface area contributed by atoms with Crippen LogP contribution in [0.4, 0.5) is 4.39 Å². The normalized spacial score (nSPS) is 20.0. The second kappa shape index (κ2) is 5.47. The Balaban J connectivity index is 2.01. The van der Waals surface area contributed by atoms with Crippen LogP contribution < -0.4 is 10.6 Å². The van der Waals surface area contributed by atoms with E-state index in [2.05, 4.69) is 10.6 Å². The molecule has 1 heterocycles. The van der Waals surface area contributed by atoms with Crippen molar-refractivity contribution < 1.29 is 9.18 Å². The molecule has 5 heteroatoms. The van der Waals surface area contributed by atoms with E-state index in [1.165, 1.54) is 18.2 Å². The lowest BCUT2D eigenvalue weighted by molar-refractivity contribution is 0.0930. The van der Waals surface area contributed by atoms with E-state index in [4.69, 9.17) is 11.6 Å². The van der Waals surface area contributed by atoms with E-state index in [-0.39, 0.29) is 17.0 Å². The summed E-state index contributed by atoms with van der Waals surface area (Å²) in [5.41, 5.74) is 0.391. The van der Waals surface area contributed by atoms with Crippen LogP contribution in [0.5, 0.6) is 0 Å². The van der Waals surface area contributed by atoms with Crippen molar-refractivity contribution in [2.75, 3.05) is 13.1 Å². The fourth-order valence-corrected chi connectivity index (χ4v) is 2.06. The Hall–Kier alpha value is -1.13.